The molecule has 0 spiro atoms. The van der Waals surface area contributed by atoms with E-state index in [1.165, 1.54) is 43.6 Å². The standard InChI is InChI=1S/C17H27N3/c1-18-17-15-7-5-4-6-14(15)10-16(17)20(3)12-13-8-9-19(2)11-13/h4-7,13,16-18H,8-12H2,1-3H3. The molecule has 1 heterocycles. The Hall–Kier alpha value is -0.900. The fourth-order valence-electron chi connectivity index (χ4n) is 4.05. The van der Waals surface area contributed by atoms with Crippen LogP contribution in [0.4, 0.5) is 0 Å². The molecule has 1 N–H and O–H groups in total. The number of fused-ring (bicyclic) bond motifs is 1. The lowest BCUT2D eigenvalue weighted by Gasteiger charge is -2.31. The largest absolute Gasteiger partial charge is 0.312 e. The van der Waals surface area contributed by atoms with E-state index in [1.54, 1.807) is 0 Å². The third kappa shape index (κ3) is 2.62. The first-order chi connectivity index (χ1) is 9.69. The molecule has 2 aliphatic rings. The summed E-state index contributed by atoms with van der Waals surface area (Å²) < 4.78 is 0. The monoisotopic (exact) mass is 273 g/mol. The first-order valence-electron chi connectivity index (χ1n) is 7.83. The number of hydrogen-bond donors (Lipinski definition) is 1. The summed E-state index contributed by atoms with van der Waals surface area (Å²) in [5.41, 5.74) is 3.02. The van der Waals surface area contributed by atoms with E-state index >= 15 is 0 Å². The average Bonchev–Trinajstić information content (AvgIpc) is 3.01. The third-order valence-electron chi connectivity index (χ3n) is 5.12. The molecule has 0 amide bonds. The van der Waals surface area contributed by atoms with Gasteiger partial charge in [0.2, 0.25) is 0 Å². The number of likely N-dealkylation sites (N-methyl/N-ethyl adjacent to an activating group) is 2. The number of nitrogens with zero attached hydrogens (tertiary/aromatic N) is 2. The number of nitrogens with one attached hydrogen (secondary N) is 1. The van der Waals surface area contributed by atoms with Crippen LogP contribution in [0.3, 0.4) is 0 Å². The predicted octanol–water partition coefficient (Wildman–Crippen LogP) is 1.76. The minimum absolute atomic E-state index is 0.482. The fourth-order valence-corrected chi connectivity index (χ4v) is 4.05. The van der Waals surface area contributed by atoms with E-state index in [-0.39, 0.29) is 0 Å². The molecule has 3 nitrogen and oxygen atoms in total. The zero-order valence-corrected chi connectivity index (χ0v) is 13.0. The van der Waals surface area contributed by atoms with Crippen molar-refractivity contribution < 1.29 is 0 Å². The van der Waals surface area contributed by atoms with Crippen LogP contribution in [-0.4, -0.2) is 56.6 Å². The van der Waals surface area contributed by atoms with Gasteiger partial charge in [0.05, 0.1) is 0 Å². The molecular weight excluding hydrogens is 246 g/mol. The van der Waals surface area contributed by atoms with Crippen LogP contribution < -0.4 is 5.32 Å². The van der Waals surface area contributed by atoms with Crippen molar-refractivity contribution in [1.82, 2.24) is 15.1 Å². The van der Waals surface area contributed by atoms with Gasteiger partial charge >= 0.3 is 0 Å². The first kappa shape index (κ1) is 14.1. The lowest BCUT2D eigenvalue weighted by Crippen LogP contribution is -2.42. The van der Waals surface area contributed by atoms with Crippen molar-refractivity contribution >= 4 is 0 Å². The fraction of sp³-hybridized carbons (Fsp3) is 0.647. The Labute approximate surface area is 123 Å². The predicted molar refractivity (Wildman–Crippen MR) is 84.0 cm³/mol. The lowest BCUT2D eigenvalue weighted by molar-refractivity contribution is 0.180. The molecule has 0 saturated carbocycles. The number of rotatable bonds is 4. The highest BCUT2D eigenvalue weighted by Crippen LogP contribution is 2.34. The molecule has 1 saturated heterocycles. The Balaban J connectivity index is 1.68. The smallest absolute Gasteiger partial charge is 0.0481 e. The van der Waals surface area contributed by atoms with Gasteiger partial charge in [-0.1, -0.05) is 24.3 Å². The van der Waals surface area contributed by atoms with Crippen LogP contribution in [0.25, 0.3) is 0 Å². The van der Waals surface area contributed by atoms with Gasteiger partial charge in [-0.05, 0) is 57.6 Å². The Kier molecular flexibility index (Phi) is 4.11. The van der Waals surface area contributed by atoms with Crippen molar-refractivity contribution in [2.45, 2.75) is 24.9 Å². The van der Waals surface area contributed by atoms with Crippen molar-refractivity contribution in [3.05, 3.63) is 35.4 Å². The molecule has 3 heteroatoms. The summed E-state index contributed by atoms with van der Waals surface area (Å²) >= 11 is 0. The summed E-state index contributed by atoms with van der Waals surface area (Å²) in [4.78, 5) is 5.04. The topological polar surface area (TPSA) is 18.5 Å². The quantitative estimate of drug-likeness (QED) is 0.902. The van der Waals surface area contributed by atoms with Crippen molar-refractivity contribution in [3.8, 4) is 0 Å². The molecular formula is C17H27N3. The second-order valence-electron chi connectivity index (χ2n) is 6.59. The molecule has 1 aromatic carbocycles. The number of likely N-dealkylation sites (tertiary alicyclic amines) is 1. The number of hydrogen-bond acceptors (Lipinski definition) is 3. The molecule has 20 heavy (non-hydrogen) atoms. The van der Waals surface area contributed by atoms with Gasteiger partial charge in [-0.2, -0.15) is 0 Å². The third-order valence-corrected chi connectivity index (χ3v) is 5.12. The van der Waals surface area contributed by atoms with Crippen molar-refractivity contribution in [3.63, 3.8) is 0 Å². The molecule has 0 aromatic heterocycles. The SMILES string of the molecule is CNC1c2ccccc2CC1N(C)CC1CCN(C)C1. The van der Waals surface area contributed by atoms with Crippen LogP contribution in [0, 0.1) is 5.92 Å². The minimum atomic E-state index is 0.482. The summed E-state index contributed by atoms with van der Waals surface area (Å²) in [6, 6.07) is 9.99. The van der Waals surface area contributed by atoms with Crippen molar-refractivity contribution in [2.75, 3.05) is 40.8 Å². The molecule has 1 fully saturated rings. The van der Waals surface area contributed by atoms with E-state index < -0.39 is 0 Å². The van der Waals surface area contributed by atoms with E-state index in [9.17, 15) is 0 Å². The zero-order valence-electron chi connectivity index (χ0n) is 13.0. The zero-order chi connectivity index (χ0) is 14.1. The minimum Gasteiger partial charge on any atom is -0.312 e. The van der Waals surface area contributed by atoms with Crippen LogP contribution >= 0.6 is 0 Å². The molecule has 110 valence electrons. The maximum atomic E-state index is 3.53. The van der Waals surface area contributed by atoms with Crippen LogP contribution in [0.2, 0.25) is 0 Å². The highest BCUT2D eigenvalue weighted by atomic mass is 15.2. The van der Waals surface area contributed by atoms with E-state index in [4.69, 9.17) is 0 Å². The maximum Gasteiger partial charge on any atom is 0.0481 e. The Morgan fingerprint density at radius 2 is 2.15 bits per heavy atom. The van der Waals surface area contributed by atoms with Gasteiger partial charge in [-0.3, -0.25) is 0 Å². The second kappa shape index (κ2) is 5.84. The average molecular weight is 273 g/mol. The van der Waals surface area contributed by atoms with E-state index in [1.807, 2.05) is 0 Å². The van der Waals surface area contributed by atoms with E-state index in [0.717, 1.165) is 5.92 Å². The molecule has 1 aliphatic carbocycles. The summed E-state index contributed by atoms with van der Waals surface area (Å²) in [6.07, 6.45) is 2.53. The van der Waals surface area contributed by atoms with Crippen molar-refractivity contribution in [2.24, 2.45) is 5.92 Å². The summed E-state index contributed by atoms with van der Waals surface area (Å²) in [5.74, 6) is 0.839. The molecule has 1 aliphatic heterocycles. The van der Waals surface area contributed by atoms with Crippen LogP contribution in [0.1, 0.15) is 23.6 Å². The van der Waals surface area contributed by atoms with Gasteiger partial charge in [0.1, 0.15) is 0 Å². The molecule has 3 atom stereocenters. The second-order valence-corrected chi connectivity index (χ2v) is 6.59. The number of benzene rings is 1. The van der Waals surface area contributed by atoms with Crippen molar-refractivity contribution in [1.29, 1.82) is 0 Å². The summed E-state index contributed by atoms with van der Waals surface area (Å²) in [6.45, 7) is 3.74. The van der Waals surface area contributed by atoms with Gasteiger partial charge in [-0.25, -0.2) is 0 Å². The van der Waals surface area contributed by atoms with Gasteiger partial charge in [0.25, 0.3) is 0 Å². The lowest BCUT2D eigenvalue weighted by atomic mass is 10.0. The van der Waals surface area contributed by atoms with Crippen LogP contribution in [0.5, 0.6) is 0 Å². The highest BCUT2D eigenvalue weighted by molar-refractivity contribution is 5.37. The first-order valence-corrected chi connectivity index (χ1v) is 7.83. The Bertz CT molecular complexity index is 459. The van der Waals surface area contributed by atoms with Crippen LogP contribution in [-0.2, 0) is 6.42 Å². The van der Waals surface area contributed by atoms with Gasteiger partial charge in [0, 0.05) is 25.2 Å². The van der Waals surface area contributed by atoms with Crippen LogP contribution in [0.15, 0.2) is 24.3 Å². The van der Waals surface area contributed by atoms with Gasteiger partial charge in [0.15, 0.2) is 0 Å². The van der Waals surface area contributed by atoms with Gasteiger partial charge in [-0.15, -0.1) is 0 Å². The summed E-state index contributed by atoms with van der Waals surface area (Å²) in [7, 11) is 6.64. The normalized spacial score (nSPS) is 30.1. The van der Waals surface area contributed by atoms with E-state index in [0.29, 0.717) is 12.1 Å². The Morgan fingerprint density at radius 1 is 1.35 bits per heavy atom. The molecule has 3 rings (SSSR count). The highest BCUT2D eigenvalue weighted by Gasteiger charge is 2.34. The van der Waals surface area contributed by atoms with E-state index in [2.05, 4.69) is 60.5 Å². The molecule has 1 aromatic rings. The maximum absolute atomic E-state index is 3.53. The summed E-state index contributed by atoms with van der Waals surface area (Å²) in [5, 5.41) is 3.53. The van der Waals surface area contributed by atoms with Gasteiger partial charge < -0.3 is 15.1 Å². The molecule has 3 unspecified atom stereocenters. The molecule has 0 radical (unpaired) electrons. The molecule has 0 bridgehead atoms. The Morgan fingerprint density at radius 3 is 2.85 bits per heavy atom.